The zero-order valence-corrected chi connectivity index (χ0v) is 8.45. The molecule has 0 aliphatic rings. The second kappa shape index (κ2) is 4.03. The van der Waals surface area contributed by atoms with Gasteiger partial charge in [-0.15, -0.1) is 0 Å². The van der Waals surface area contributed by atoms with E-state index in [2.05, 4.69) is 15.9 Å². The second-order valence-corrected chi connectivity index (χ2v) is 3.68. The van der Waals surface area contributed by atoms with Crippen LogP contribution in [0.3, 0.4) is 0 Å². The minimum absolute atomic E-state index is 0.247. The standard InChI is InChI=1S/C9H12BrNO/c1-6(11)9(12)7-4-2-3-5-8(7)10/h2-6,9,12H,11H2,1H3/t6-,9-/m0/s1. The van der Waals surface area contributed by atoms with Gasteiger partial charge in [-0.05, 0) is 18.6 Å². The van der Waals surface area contributed by atoms with Crippen LogP contribution in [0.15, 0.2) is 28.7 Å². The highest BCUT2D eigenvalue weighted by Gasteiger charge is 2.14. The summed E-state index contributed by atoms with van der Waals surface area (Å²) >= 11 is 3.35. The zero-order valence-electron chi connectivity index (χ0n) is 6.87. The van der Waals surface area contributed by atoms with Crippen molar-refractivity contribution in [3.8, 4) is 0 Å². The van der Waals surface area contributed by atoms with Crippen molar-refractivity contribution in [3.05, 3.63) is 34.3 Å². The second-order valence-electron chi connectivity index (χ2n) is 2.83. The van der Waals surface area contributed by atoms with Gasteiger partial charge in [-0.1, -0.05) is 34.1 Å². The van der Waals surface area contributed by atoms with Crippen LogP contribution in [0.25, 0.3) is 0 Å². The first kappa shape index (κ1) is 9.71. The molecule has 0 saturated heterocycles. The molecule has 0 radical (unpaired) electrons. The molecular weight excluding hydrogens is 218 g/mol. The predicted octanol–water partition coefficient (Wildman–Crippen LogP) is 1.83. The molecule has 2 nitrogen and oxygen atoms in total. The molecule has 12 heavy (non-hydrogen) atoms. The molecule has 0 saturated carbocycles. The van der Waals surface area contributed by atoms with Gasteiger partial charge in [0.15, 0.2) is 0 Å². The lowest BCUT2D eigenvalue weighted by molar-refractivity contribution is 0.152. The van der Waals surface area contributed by atoms with Gasteiger partial charge in [0.1, 0.15) is 0 Å². The average molecular weight is 230 g/mol. The first-order valence-corrected chi connectivity index (χ1v) is 4.60. The van der Waals surface area contributed by atoms with Gasteiger partial charge in [0.25, 0.3) is 0 Å². The van der Waals surface area contributed by atoms with E-state index in [9.17, 15) is 5.11 Å². The minimum Gasteiger partial charge on any atom is -0.387 e. The molecule has 1 aromatic rings. The van der Waals surface area contributed by atoms with E-state index in [1.54, 1.807) is 6.92 Å². The molecular formula is C9H12BrNO. The summed E-state index contributed by atoms with van der Waals surface area (Å²) in [6, 6.07) is 7.29. The van der Waals surface area contributed by atoms with Gasteiger partial charge in [0.05, 0.1) is 6.10 Å². The van der Waals surface area contributed by atoms with Gasteiger partial charge in [-0.3, -0.25) is 0 Å². The number of hydrogen-bond donors (Lipinski definition) is 2. The lowest BCUT2D eigenvalue weighted by Crippen LogP contribution is -2.24. The molecule has 3 N–H and O–H groups in total. The van der Waals surface area contributed by atoms with Crippen molar-refractivity contribution in [2.45, 2.75) is 19.1 Å². The predicted molar refractivity (Wildman–Crippen MR) is 52.8 cm³/mol. The number of nitrogens with two attached hydrogens (primary N) is 1. The molecule has 0 bridgehead atoms. The third-order valence-electron chi connectivity index (χ3n) is 1.72. The lowest BCUT2D eigenvalue weighted by Gasteiger charge is -2.15. The third-order valence-corrected chi connectivity index (χ3v) is 2.44. The van der Waals surface area contributed by atoms with Gasteiger partial charge in [-0.25, -0.2) is 0 Å². The maximum atomic E-state index is 9.62. The molecule has 0 unspecified atom stereocenters. The Hall–Kier alpha value is -0.380. The molecule has 0 heterocycles. The van der Waals surface area contributed by atoms with E-state index in [4.69, 9.17) is 5.73 Å². The van der Waals surface area contributed by atoms with Crippen molar-refractivity contribution in [3.63, 3.8) is 0 Å². The topological polar surface area (TPSA) is 46.2 Å². The molecule has 0 aromatic heterocycles. The van der Waals surface area contributed by atoms with Crippen molar-refractivity contribution in [2.75, 3.05) is 0 Å². The molecule has 1 aromatic carbocycles. The number of rotatable bonds is 2. The highest BCUT2D eigenvalue weighted by Crippen LogP contribution is 2.24. The first-order chi connectivity index (χ1) is 5.63. The summed E-state index contributed by atoms with van der Waals surface area (Å²) in [5.74, 6) is 0. The van der Waals surface area contributed by atoms with E-state index >= 15 is 0 Å². The number of aliphatic hydroxyl groups is 1. The Morgan fingerprint density at radius 1 is 1.42 bits per heavy atom. The van der Waals surface area contributed by atoms with E-state index in [0.717, 1.165) is 10.0 Å². The quantitative estimate of drug-likeness (QED) is 0.814. The molecule has 3 heteroatoms. The fourth-order valence-corrected chi connectivity index (χ4v) is 1.52. The Kier molecular flexibility index (Phi) is 3.26. The lowest BCUT2D eigenvalue weighted by atomic mass is 10.0. The molecule has 0 spiro atoms. The summed E-state index contributed by atoms with van der Waals surface area (Å²) in [5.41, 5.74) is 6.41. The average Bonchev–Trinajstić information content (AvgIpc) is 2.04. The van der Waals surface area contributed by atoms with Crippen molar-refractivity contribution >= 4 is 15.9 Å². The van der Waals surface area contributed by atoms with Gasteiger partial charge >= 0.3 is 0 Å². The van der Waals surface area contributed by atoms with Gasteiger partial charge in [-0.2, -0.15) is 0 Å². The van der Waals surface area contributed by atoms with Crippen LogP contribution in [0, 0.1) is 0 Å². The highest BCUT2D eigenvalue weighted by atomic mass is 79.9. The highest BCUT2D eigenvalue weighted by molar-refractivity contribution is 9.10. The van der Waals surface area contributed by atoms with Gasteiger partial charge in [0.2, 0.25) is 0 Å². The Morgan fingerprint density at radius 3 is 2.50 bits per heavy atom. The Bertz CT molecular complexity index is 262. The SMILES string of the molecule is C[C@H](N)[C@H](O)c1ccccc1Br. The first-order valence-electron chi connectivity index (χ1n) is 3.81. The maximum absolute atomic E-state index is 9.62. The molecule has 0 amide bonds. The molecule has 66 valence electrons. The van der Waals surface area contributed by atoms with Crippen LogP contribution in [0.1, 0.15) is 18.6 Å². The fraction of sp³-hybridized carbons (Fsp3) is 0.333. The summed E-state index contributed by atoms with van der Waals surface area (Å²) in [6.45, 7) is 1.78. The number of halogens is 1. The molecule has 1 rings (SSSR count). The van der Waals surface area contributed by atoms with Crippen LogP contribution in [0.5, 0.6) is 0 Å². The van der Waals surface area contributed by atoms with Crippen molar-refractivity contribution in [2.24, 2.45) is 5.73 Å². The van der Waals surface area contributed by atoms with Crippen LogP contribution in [-0.4, -0.2) is 11.1 Å². The van der Waals surface area contributed by atoms with Crippen molar-refractivity contribution in [1.82, 2.24) is 0 Å². The Morgan fingerprint density at radius 2 is 2.00 bits per heavy atom. The smallest absolute Gasteiger partial charge is 0.0949 e. The van der Waals surface area contributed by atoms with Crippen LogP contribution >= 0.6 is 15.9 Å². The number of benzene rings is 1. The van der Waals surface area contributed by atoms with E-state index in [1.807, 2.05) is 24.3 Å². The number of aliphatic hydroxyl groups excluding tert-OH is 1. The van der Waals surface area contributed by atoms with Crippen LogP contribution < -0.4 is 5.73 Å². The summed E-state index contributed by atoms with van der Waals surface area (Å²) in [4.78, 5) is 0. The van der Waals surface area contributed by atoms with E-state index < -0.39 is 6.10 Å². The molecule has 0 aliphatic heterocycles. The summed E-state index contributed by atoms with van der Waals surface area (Å²) in [5, 5.41) is 9.62. The van der Waals surface area contributed by atoms with Crippen LogP contribution in [-0.2, 0) is 0 Å². The maximum Gasteiger partial charge on any atom is 0.0949 e. The largest absolute Gasteiger partial charge is 0.387 e. The fourth-order valence-electron chi connectivity index (χ4n) is 0.998. The van der Waals surface area contributed by atoms with E-state index in [-0.39, 0.29) is 6.04 Å². The number of hydrogen-bond acceptors (Lipinski definition) is 2. The Balaban J connectivity index is 2.94. The van der Waals surface area contributed by atoms with Crippen LogP contribution in [0.4, 0.5) is 0 Å². The van der Waals surface area contributed by atoms with E-state index in [1.165, 1.54) is 0 Å². The normalized spacial score (nSPS) is 15.7. The molecule has 0 aliphatic carbocycles. The monoisotopic (exact) mass is 229 g/mol. The summed E-state index contributed by atoms with van der Waals surface area (Å²) < 4.78 is 0.898. The van der Waals surface area contributed by atoms with E-state index in [0.29, 0.717) is 0 Å². The summed E-state index contributed by atoms with van der Waals surface area (Å²) in [6.07, 6.45) is -0.597. The molecule has 0 fully saturated rings. The van der Waals surface area contributed by atoms with Crippen LogP contribution in [0.2, 0.25) is 0 Å². The van der Waals surface area contributed by atoms with Gasteiger partial charge in [0, 0.05) is 10.5 Å². The zero-order chi connectivity index (χ0) is 9.14. The molecule has 2 atom stereocenters. The van der Waals surface area contributed by atoms with Crippen molar-refractivity contribution in [1.29, 1.82) is 0 Å². The van der Waals surface area contributed by atoms with Gasteiger partial charge < -0.3 is 10.8 Å². The minimum atomic E-state index is -0.597. The summed E-state index contributed by atoms with van der Waals surface area (Å²) in [7, 11) is 0. The Labute approximate surface area is 80.5 Å². The van der Waals surface area contributed by atoms with Crippen molar-refractivity contribution < 1.29 is 5.11 Å². The third kappa shape index (κ3) is 2.06.